The van der Waals surface area contributed by atoms with Gasteiger partial charge in [0.2, 0.25) is 5.91 Å². The standard InChI is InChI=1S/C23H23N3O2/c1-28-21-13-6-5-10-17(21)14-22(27)25-19-11-7-12-20-18(19)15-24-23(26-20)16-8-3-2-4-9-16/h2-6,8-10,13,15,19H,7,11-12,14H2,1H3,(H,25,27)/t19-/m1/s1. The van der Waals surface area contributed by atoms with Crippen LogP contribution in [0.5, 0.6) is 5.75 Å². The minimum atomic E-state index is -0.0456. The summed E-state index contributed by atoms with van der Waals surface area (Å²) < 4.78 is 5.35. The highest BCUT2D eigenvalue weighted by atomic mass is 16.5. The maximum Gasteiger partial charge on any atom is 0.225 e. The zero-order chi connectivity index (χ0) is 19.3. The van der Waals surface area contributed by atoms with Gasteiger partial charge in [-0.15, -0.1) is 0 Å². The number of nitrogens with one attached hydrogen (secondary N) is 1. The Balaban J connectivity index is 1.51. The largest absolute Gasteiger partial charge is 0.496 e. The van der Waals surface area contributed by atoms with Crippen molar-refractivity contribution in [2.45, 2.75) is 31.7 Å². The first-order chi connectivity index (χ1) is 13.7. The molecule has 1 aliphatic carbocycles. The molecule has 1 heterocycles. The fraction of sp³-hybridized carbons (Fsp3) is 0.261. The molecule has 0 saturated carbocycles. The lowest BCUT2D eigenvalue weighted by molar-refractivity contribution is -0.121. The predicted octanol–water partition coefficient (Wildman–Crippen LogP) is 3.89. The summed E-state index contributed by atoms with van der Waals surface area (Å²) in [5.74, 6) is 1.45. The summed E-state index contributed by atoms with van der Waals surface area (Å²) in [5, 5.41) is 3.16. The molecule has 0 unspecified atom stereocenters. The summed E-state index contributed by atoms with van der Waals surface area (Å²) in [4.78, 5) is 22.0. The van der Waals surface area contributed by atoms with E-state index in [0.717, 1.165) is 53.2 Å². The van der Waals surface area contributed by atoms with Gasteiger partial charge in [-0.25, -0.2) is 9.97 Å². The second kappa shape index (κ2) is 8.21. The fourth-order valence-corrected chi connectivity index (χ4v) is 3.69. The average molecular weight is 373 g/mol. The topological polar surface area (TPSA) is 64.1 Å². The highest BCUT2D eigenvalue weighted by Gasteiger charge is 2.24. The third-order valence-electron chi connectivity index (χ3n) is 5.09. The van der Waals surface area contributed by atoms with Crippen LogP contribution in [-0.4, -0.2) is 23.0 Å². The Labute approximate surface area is 164 Å². The van der Waals surface area contributed by atoms with Crippen molar-refractivity contribution in [2.24, 2.45) is 0 Å². The number of rotatable bonds is 5. The van der Waals surface area contributed by atoms with Gasteiger partial charge in [-0.2, -0.15) is 0 Å². The van der Waals surface area contributed by atoms with E-state index in [4.69, 9.17) is 9.72 Å². The van der Waals surface area contributed by atoms with E-state index in [-0.39, 0.29) is 11.9 Å². The number of benzene rings is 2. The normalized spacial score (nSPS) is 15.5. The van der Waals surface area contributed by atoms with Crippen LogP contribution in [0, 0.1) is 0 Å². The van der Waals surface area contributed by atoms with Gasteiger partial charge in [0, 0.05) is 28.6 Å². The van der Waals surface area contributed by atoms with E-state index in [0.29, 0.717) is 6.42 Å². The predicted molar refractivity (Wildman–Crippen MR) is 108 cm³/mol. The van der Waals surface area contributed by atoms with Crippen molar-refractivity contribution in [1.82, 2.24) is 15.3 Å². The van der Waals surface area contributed by atoms with Crippen molar-refractivity contribution in [2.75, 3.05) is 7.11 Å². The maximum atomic E-state index is 12.6. The Morgan fingerprint density at radius 2 is 1.93 bits per heavy atom. The van der Waals surface area contributed by atoms with Crippen LogP contribution in [-0.2, 0) is 17.6 Å². The lowest BCUT2D eigenvalue weighted by atomic mass is 9.92. The van der Waals surface area contributed by atoms with Crippen molar-refractivity contribution in [3.63, 3.8) is 0 Å². The van der Waals surface area contributed by atoms with Crippen LogP contribution in [0.25, 0.3) is 11.4 Å². The van der Waals surface area contributed by atoms with Gasteiger partial charge in [-0.3, -0.25) is 4.79 Å². The molecule has 3 aromatic rings. The number of carbonyl (C=O) groups is 1. The van der Waals surface area contributed by atoms with E-state index in [2.05, 4.69) is 10.3 Å². The number of aryl methyl sites for hydroxylation is 1. The highest BCUT2D eigenvalue weighted by molar-refractivity contribution is 5.79. The van der Waals surface area contributed by atoms with Crippen LogP contribution in [0.2, 0.25) is 0 Å². The first kappa shape index (κ1) is 18.2. The Bertz CT molecular complexity index is 973. The van der Waals surface area contributed by atoms with Crippen LogP contribution >= 0.6 is 0 Å². The number of fused-ring (bicyclic) bond motifs is 1. The zero-order valence-electron chi connectivity index (χ0n) is 15.9. The second-order valence-corrected chi connectivity index (χ2v) is 6.96. The van der Waals surface area contributed by atoms with Gasteiger partial charge >= 0.3 is 0 Å². The molecular weight excluding hydrogens is 350 g/mol. The molecule has 4 rings (SSSR count). The number of aromatic nitrogens is 2. The van der Waals surface area contributed by atoms with Gasteiger partial charge in [0.25, 0.3) is 0 Å². The molecule has 1 atom stereocenters. The van der Waals surface area contributed by atoms with Gasteiger partial charge in [0.05, 0.1) is 19.6 Å². The van der Waals surface area contributed by atoms with Crippen molar-refractivity contribution < 1.29 is 9.53 Å². The second-order valence-electron chi connectivity index (χ2n) is 6.96. The summed E-state index contributed by atoms with van der Waals surface area (Å²) in [6.45, 7) is 0. The Hall–Kier alpha value is -3.21. The molecule has 1 aromatic heterocycles. The lowest BCUT2D eigenvalue weighted by Gasteiger charge is -2.25. The van der Waals surface area contributed by atoms with Crippen molar-refractivity contribution in [1.29, 1.82) is 0 Å². The molecule has 0 bridgehead atoms. The van der Waals surface area contributed by atoms with E-state index in [1.165, 1.54) is 0 Å². The van der Waals surface area contributed by atoms with E-state index < -0.39 is 0 Å². The first-order valence-electron chi connectivity index (χ1n) is 9.57. The molecule has 5 heteroatoms. The van der Waals surface area contributed by atoms with Crippen LogP contribution in [0.15, 0.2) is 60.8 Å². The van der Waals surface area contributed by atoms with E-state index in [1.807, 2.05) is 60.8 Å². The highest BCUT2D eigenvalue weighted by Crippen LogP contribution is 2.30. The first-order valence-corrected chi connectivity index (χ1v) is 9.57. The molecule has 142 valence electrons. The Kier molecular flexibility index (Phi) is 5.33. The molecule has 1 amide bonds. The van der Waals surface area contributed by atoms with E-state index >= 15 is 0 Å². The quantitative estimate of drug-likeness (QED) is 0.737. The molecule has 0 spiro atoms. The van der Waals surface area contributed by atoms with Crippen LogP contribution in [0.4, 0.5) is 0 Å². The molecule has 0 radical (unpaired) electrons. The number of hydrogen-bond donors (Lipinski definition) is 1. The molecule has 0 saturated heterocycles. The van der Waals surface area contributed by atoms with Gasteiger partial charge in [0.1, 0.15) is 5.75 Å². The van der Waals surface area contributed by atoms with Crippen LogP contribution in [0.3, 0.4) is 0 Å². The van der Waals surface area contributed by atoms with Gasteiger partial charge < -0.3 is 10.1 Å². The molecule has 0 fully saturated rings. The SMILES string of the molecule is COc1ccccc1CC(=O)N[C@@H]1CCCc2nc(-c3ccccc3)ncc21. The zero-order valence-corrected chi connectivity index (χ0v) is 15.9. The Morgan fingerprint density at radius 1 is 1.14 bits per heavy atom. The average Bonchev–Trinajstić information content (AvgIpc) is 2.74. The van der Waals surface area contributed by atoms with Crippen molar-refractivity contribution in [3.05, 3.63) is 77.6 Å². The summed E-state index contributed by atoms with van der Waals surface area (Å²) in [6.07, 6.45) is 4.98. The van der Waals surface area contributed by atoms with E-state index in [9.17, 15) is 4.79 Å². The number of para-hydroxylation sites is 1. The number of carbonyl (C=O) groups excluding carboxylic acids is 1. The van der Waals surface area contributed by atoms with Crippen LogP contribution in [0.1, 0.15) is 35.7 Å². The van der Waals surface area contributed by atoms with Crippen LogP contribution < -0.4 is 10.1 Å². The molecule has 2 aromatic carbocycles. The molecule has 28 heavy (non-hydrogen) atoms. The lowest BCUT2D eigenvalue weighted by Crippen LogP contribution is -2.32. The van der Waals surface area contributed by atoms with Gasteiger partial charge in [-0.05, 0) is 25.3 Å². The Morgan fingerprint density at radius 3 is 2.75 bits per heavy atom. The monoisotopic (exact) mass is 373 g/mol. The summed E-state index contributed by atoms with van der Waals surface area (Å²) in [7, 11) is 1.62. The molecule has 1 aliphatic rings. The summed E-state index contributed by atoms with van der Waals surface area (Å²) in [6, 6.07) is 17.5. The number of hydrogen-bond acceptors (Lipinski definition) is 4. The molecule has 0 aliphatic heterocycles. The number of amides is 1. The molecule has 1 N–H and O–H groups in total. The number of methoxy groups -OCH3 is 1. The maximum absolute atomic E-state index is 12.6. The third-order valence-corrected chi connectivity index (χ3v) is 5.09. The number of ether oxygens (including phenoxy) is 1. The minimum absolute atomic E-state index is 0.0190. The van der Waals surface area contributed by atoms with Gasteiger partial charge in [-0.1, -0.05) is 48.5 Å². The number of nitrogens with zero attached hydrogens (tertiary/aromatic N) is 2. The summed E-state index contributed by atoms with van der Waals surface area (Å²) >= 11 is 0. The van der Waals surface area contributed by atoms with Gasteiger partial charge in [0.15, 0.2) is 5.82 Å². The van der Waals surface area contributed by atoms with Crippen molar-refractivity contribution >= 4 is 5.91 Å². The third kappa shape index (κ3) is 3.88. The minimum Gasteiger partial charge on any atom is -0.496 e. The molecule has 5 nitrogen and oxygen atoms in total. The molecular formula is C23H23N3O2. The smallest absolute Gasteiger partial charge is 0.225 e. The van der Waals surface area contributed by atoms with Crippen molar-refractivity contribution in [3.8, 4) is 17.1 Å². The summed E-state index contributed by atoms with van der Waals surface area (Å²) in [5.41, 5.74) is 3.95. The van der Waals surface area contributed by atoms with E-state index in [1.54, 1.807) is 7.11 Å². The fourth-order valence-electron chi connectivity index (χ4n) is 3.69.